The van der Waals surface area contributed by atoms with Crippen LogP contribution < -0.4 is 0 Å². The van der Waals surface area contributed by atoms with Crippen LogP contribution in [0.15, 0.2) is 11.6 Å². The van der Waals surface area contributed by atoms with Gasteiger partial charge >= 0.3 is 5.97 Å². The van der Waals surface area contributed by atoms with Crippen LogP contribution in [0.4, 0.5) is 0 Å². The Bertz CT molecular complexity index is 171. The standard InChI is InChI=1S/C10H18O2/c1-5-8(3)7-9(4)10(11)12-6-2/h7-8H,5-6H2,1-4H3/b9-7+/t8-/m1/s1. The lowest BCUT2D eigenvalue weighted by atomic mass is 10.1. The lowest BCUT2D eigenvalue weighted by Crippen LogP contribution is -2.06. The maximum atomic E-state index is 11.1. The second-order valence-electron chi connectivity index (χ2n) is 2.96. The van der Waals surface area contributed by atoms with Crippen LogP contribution in [0.25, 0.3) is 0 Å². The fourth-order valence-electron chi connectivity index (χ4n) is 0.858. The molecule has 12 heavy (non-hydrogen) atoms. The van der Waals surface area contributed by atoms with Gasteiger partial charge in [0.15, 0.2) is 0 Å². The van der Waals surface area contributed by atoms with Crippen LogP contribution in [0, 0.1) is 5.92 Å². The smallest absolute Gasteiger partial charge is 0.333 e. The van der Waals surface area contributed by atoms with E-state index in [2.05, 4.69) is 13.8 Å². The number of carbonyl (C=O) groups excluding carboxylic acids is 1. The Morgan fingerprint density at radius 3 is 2.50 bits per heavy atom. The number of carbonyl (C=O) groups is 1. The molecule has 0 heterocycles. The molecule has 0 aliphatic heterocycles. The minimum Gasteiger partial charge on any atom is -0.463 e. The molecule has 0 aromatic rings. The van der Waals surface area contributed by atoms with Crippen LogP contribution >= 0.6 is 0 Å². The van der Waals surface area contributed by atoms with Crippen molar-refractivity contribution in [3.8, 4) is 0 Å². The van der Waals surface area contributed by atoms with Gasteiger partial charge in [-0.05, 0) is 19.8 Å². The van der Waals surface area contributed by atoms with E-state index >= 15 is 0 Å². The van der Waals surface area contributed by atoms with Gasteiger partial charge in [-0.25, -0.2) is 4.79 Å². The molecular weight excluding hydrogens is 152 g/mol. The first kappa shape index (κ1) is 11.2. The summed E-state index contributed by atoms with van der Waals surface area (Å²) >= 11 is 0. The molecule has 2 heteroatoms. The zero-order valence-electron chi connectivity index (χ0n) is 8.39. The molecule has 0 N–H and O–H groups in total. The van der Waals surface area contributed by atoms with E-state index in [0.29, 0.717) is 18.1 Å². The lowest BCUT2D eigenvalue weighted by Gasteiger charge is -2.04. The van der Waals surface area contributed by atoms with Gasteiger partial charge in [0.1, 0.15) is 0 Å². The molecule has 0 aromatic carbocycles. The van der Waals surface area contributed by atoms with Gasteiger partial charge in [0.05, 0.1) is 6.61 Å². The van der Waals surface area contributed by atoms with E-state index in [0.717, 1.165) is 6.42 Å². The Kier molecular flexibility index (Phi) is 5.43. The fourth-order valence-corrected chi connectivity index (χ4v) is 0.858. The Morgan fingerprint density at radius 1 is 1.50 bits per heavy atom. The third kappa shape index (κ3) is 4.16. The van der Waals surface area contributed by atoms with Crippen molar-refractivity contribution in [3.05, 3.63) is 11.6 Å². The predicted octanol–water partition coefficient (Wildman–Crippen LogP) is 2.54. The monoisotopic (exact) mass is 170 g/mol. The summed E-state index contributed by atoms with van der Waals surface area (Å²) in [6.07, 6.45) is 3.01. The number of rotatable bonds is 4. The van der Waals surface area contributed by atoms with Crippen LogP contribution in [0.3, 0.4) is 0 Å². The fraction of sp³-hybridized carbons (Fsp3) is 0.700. The average molecular weight is 170 g/mol. The van der Waals surface area contributed by atoms with Gasteiger partial charge in [0.2, 0.25) is 0 Å². The SMILES string of the molecule is CCOC(=O)/C(C)=C/[C@H](C)CC. The molecule has 1 atom stereocenters. The Morgan fingerprint density at radius 2 is 2.08 bits per heavy atom. The zero-order valence-corrected chi connectivity index (χ0v) is 8.39. The molecule has 0 aliphatic carbocycles. The summed E-state index contributed by atoms with van der Waals surface area (Å²) < 4.78 is 4.84. The van der Waals surface area contributed by atoms with E-state index in [1.807, 2.05) is 13.0 Å². The normalized spacial score (nSPS) is 14.2. The van der Waals surface area contributed by atoms with Crippen LogP contribution in [-0.2, 0) is 9.53 Å². The topological polar surface area (TPSA) is 26.3 Å². The highest BCUT2D eigenvalue weighted by Gasteiger charge is 2.05. The van der Waals surface area contributed by atoms with E-state index in [4.69, 9.17) is 4.74 Å². The quantitative estimate of drug-likeness (QED) is 0.478. The molecule has 0 saturated heterocycles. The van der Waals surface area contributed by atoms with E-state index in [1.54, 1.807) is 6.92 Å². The highest BCUT2D eigenvalue weighted by atomic mass is 16.5. The van der Waals surface area contributed by atoms with E-state index in [1.165, 1.54) is 0 Å². The largest absolute Gasteiger partial charge is 0.463 e. The summed E-state index contributed by atoms with van der Waals surface area (Å²) in [6.45, 7) is 8.24. The van der Waals surface area contributed by atoms with Crippen molar-refractivity contribution in [3.63, 3.8) is 0 Å². The zero-order chi connectivity index (χ0) is 9.56. The molecule has 0 aliphatic rings. The van der Waals surface area contributed by atoms with Crippen molar-refractivity contribution >= 4 is 5.97 Å². The predicted molar refractivity (Wildman–Crippen MR) is 49.8 cm³/mol. The molecular formula is C10H18O2. The Labute approximate surface area is 74.6 Å². The summed E-state index contributed by atoms with van der Waals surface area (Å²) in [5.41, 5.74) is 0.714. The maximum absolute atomic E-state index is 11.1. The molecule has 0 rings (SSSR count). The van der Waals surface area contributed by atoms with E-state index < -0.39 is 0 Å². The van der Waals surface area contributed by atoms with Crippen molar-refractivity contribution in [2.75, 3.05) is 6.61 Å². The molecule has 0 spiro atoms. The van der Waals surface area contributed by atoms with Gasteiger partial charge in [-0.15, -0.1) is 0 Å². The van der Waals surface area contributed by atoms with Crippen LogP contribution in [-0.4, -0.2) is 12.6 Å². The van der Waals surface area contributed by atoms with Gasteiger partial charge in [-0.2, -0.15) is 0 Å². The maximum Gasteiger partial charge on any atom is 0.333 e. The number of esters is 1. The van der Waals surface area contributed by atoms with Crippen LogP contribution in [0.5, 0.6) is 0 Å². The molecule has 0 aromatic heterocycles. The first-order valence-electron chi connectivity index (χ1n) is 4.47. The molecule has 70 valence electrons. The Balaban J connectivity index is 4.07. The number of hydrogen-bond acceptors (Lipinski definition) is 2. The van der Waals surface area contributed by atoms with E-state index in [9.17, 15) is 4.79 Å². The molecule has 0 amide bonds. The van der Waals surface area contributed by atoms with Crippen molar-refractivity contribution in [2.45, 2.75) is 34.1 Å². The van der Waals surface area contributed by atoms with Gasteiger partial charge in [0, 0.05) is 5.57 Å². The summed E-state index contributed by atoms with van der Waals surface area (Å²) in [5.74, 6) is 0.257. The van der Waals surface area contributed by atoms with Crippen molar-refractivity contribution in [1.82, 2.24) is 0 Å². The number of hydrogen-bond donors (Lipinski definition) is 0. The highest BCUT2D eigenvalue weighted by Crippen LogP contribution is 2.07. The first-order chi connectivity index (χ1) is 5.61. The van der Waals surface area contributed by atoms with E-state index in [-0.39, 0.29) is 5.97 Å². The summed E-state index contributed by atoms with van der Waals surface area (Å²) in [4.78, 5) is 11.1. The molecule has 0 unspecified atom stereocenters. The third-order valence-electron chi connectivity index (χ3n) is 1.78. The van der Waals surface area contributed by atoms with Gasteiger partial charge in [-0.1, -0.05) is 26.3 Å². The highest BCUT2D eigenvalue weighted by molar-refractivity contribution is 5.87. The summed E-state index contributed by atoms with van der Waals surface area (Å²) in [6, 6.07) is 0. The third-order valence-corrected chi connectivity index (χ3v) is 1.78. The summed E-state index contributed by atoms with van der Waals surface area (Å²) in [5, 5.41) is 0. The number of ether oxygens (including phenoxy) is 1. The van der Waals surface area contributed by atoms with Gasteiger partial charge in [0.25, 0.3) is 0 Å². The van der Waals surface area contributed by atoms with Crippen molar-refractivity contribution < 1.29 is 9.53 Å². The second-order valence-corrected chi connectivity index (χ2v) is 2.96. The Hall–Kier alpha value is -0.790. The van der Waals surface area contributed by atoms with Crippen LogP contribution in [0.2, 0.25) is 0 Å². The second kappa shape index (κ2) is 5.81. The molecule has 0 bridgehead atoms. The number of allylic oxidation sites excluding steroid dienone is 1. The van der Waals surface area contributed by atoms with Crippen molar-refractivity contribution in [1.29, 1.82) is 0 Å². The minimum absolute atomic E-state index is 0.196. The molecule has 0 radical (unpaired) electrons. The first-order valence-corrected chi connectivity index (χ1v) is 4.47. The van der Waals surface area contributed by atoms with Gasteiger partial charge in [-0.3, -0.25) is 0 Å². The molecule has 0 saturated carbocycles. The average Bonchev–Trinajstić information content (AvgIpc) is 2.04. The summed E-state index contributed by atoms with van der Waals surface area (Å²) in [7, 11) is 0. The molecule has 2 nitrogen and oxygen atoms in total. The van der Waals surface area contributed by atoms with Crippen molar-refractivity contribution in [2.24, 2.45) is 5.92 Å². The van der Waals surface area contributed by atoms with Crippen LogP contribution in [0.1, 0.15) is 34.1 Å². The molecule has 0 fully saturated rings. The van der Waals surface area contributed by atoms with Gasteiger partial charge < -0.3 is 4.74 Å². The lowest BCUT2D eigenvalue weighted by molar-refractivity contribution is -0.138. The minimum atomic E-state index is -0.196.